The first-order valence-electron chi connectivity index (χ1n) is 9.64. The first-order chi connectivity index (χ1) is 14.6. The van der Waals surface area contributed by atoms with Gasteiger partial charge < -0.3 is 14.8 Å². The highest BCUT2D eigenvalue weighted by molar-refractivity contribution is 5.97. The molecular formula is C24H23N3O3. The summed E-state index contributed by atoms with van der Waals surface area (Å²) in [6, 6.07) is 21.2. The Labute approximate surface area is 175 Å². The second kappa shape index (κ2) is 8.29. The Morgan fingerprint density at radius 3 is 2.47 bits per heavy atom. The summed E-state index contributed by atoms with van der Waals surface area (Å²) in [5.41, 5.74) is 4.29. The van der Waals surface area contributed by atoms with Crippen LogP contribution in [0.3, 0.4) is 0 Å². The summed E-state index contributed by atoms with van der Waals surface area (Å²) >= 11 is 0. The van der Waals surface area contributed by atoms with Crippen LogP contribution in [0, 0.1) is 6.92 Å². The second-order valence-corrected chi connectivity index (χ2v) is 6.91. The average Bonchev–Trinajstić information content (AvgIpc) is 3.12. The maximum absolute atomic E-state index is 12.7. The molecule has 0 radical (unpaired) electrons. The van der Waals surface area contributed by atoms with E-state index in [1.807, 2.05) is 73.7 Å². The minimum Gasteiger partial charge on any atom is -0.493 e. The molecule has 152 valence electrons. The molecule has 4 rings (SSSR count). The number of nitrogens with zero attached hydrogens (tertiary/aromatic N) is 2. The van der Waals surface area contributed by atoms with Gasteiger partial charge in [-0.15, -0.1) is 0 Å². The number of amides is 1. The van der Waals surface area contributed by atoms with E-state index in [2.05, 4.69) is 14.9 Å². The minimum absolute atomic E-state index is 0.154. The third-order valence-electron chi connectivity index (χ3n) is 5.00. The Bertz CT molecular complexity index is 1200. The van der Waals surface area contributed by atoms with Crippen LogP contribution in [0.2, 0.25) is 0 Å². The van der Waals surface area contributed by atoms with Gasteiger partial charge in [0.05, 0.1) is 25.3 Å². The van der Waals surface area contributed by atoms with E-state index in [1.165, 1.54) is 0 Å². The standard InChI is InChI=1S/C24H23N3O3/c1-16-26-20-14-18(10-11-21(20)27(16)19-7-5-4-6-8-19)24(28)25-15-17-9-12-22(29-2)23(13-17)30-3/h4-14H,15H2,1-3H3,(H,25,28). The van der Waals surface area contributed by atoms with Crippen LogP contribution in [0.5, 0.6) is 11.5 Å². The van der Waals surface area contributed by atoms with Crippen LogP contribution in [-0.4, -0.2) is 29.7 Å². The number of rotatable bonds is 6. The molecule has 0 aliphatic carbocycles. The van der Waals surface area contributed by atoms with Gasteiger partial charge >= 0.3 is 0 Å². The number of para-hydroxylation sites is 1. The molecule has 1 N–H and O–H groups in total. The van der Waals surface area contributed by atoms with E-state index in [0.29, 0.717) is 23.6 Å². The Morgan fingerprint density at radius 1 is 0.967 bits per heavy atom. The van der Waals surface area contributed by atoms with Crippen LogP contribution in [0.4, 0.5) is 0 Å². The van der Waals surface area contributed by atoms with E-state index in [-0.39, 0.29) is 5.91 Å². The second-order valence-electron chi connectivity index (χ2n) is 6.91. The van der Waals surface area contributed by atoms with Gasteiger partial charge in [-0.3, -0.25) is 9.36 Å². The number of carbonyl (C=O) groups excluding carboxylic acids is 1. The van der Waals surface area contributed by atoms with Crippen molar-refractivity contribution in [2.24, 2.45) is 0 Å². The predicted octanol–water partition coefficient (Wildman–Crippen LogP) is 4.28. The molecule has 1 amide bonds. The summed E-state index contributed by atoms with van der Waals surface area (Å²) in [7, 11) is 3.18. The summed E-state index contributed by atoms with van der Waals surface area (Å²) in [4.78, 5) is 17.3. The monoisotopic (exact) mass is 401 g/mol. The molecule has 6 heteroatoms. The van der Waals surface area contributed by atoms with Crippen LogP contribution in [0.25, 0.3) is 16.7 Å². The number of imidazole rings is 1. The Balaban J connectivity index is 1.54. The molecule has 0 spiro atoms. The number of aryl methyl sites for hydroxylation is 1. The molecule has 4 aromatic rings. The number of fused-ring (bicyclic) bond motifs is 1. The van der Waals surface area contributed by atoms with Gasteiger partial charge in [-0.2, -0.15) is 0 Å². The van der Waals surface area contributed by atoms with Gasteiger partial charge in [-0.25, -0.2) is 4.98 Å². The molecule has 1 heterocycles. The zero-order valence-corrected chi connectivity index (χ0v) is 17.2. The van der Waals surface area contributed by atoms with Gasteiger partial charge in [0.25, 0.3) is 5.91 Å². The molecular weight excluding hydrogens is 378 g/mol. The summed E-state index contributed by atoms with van der Waals surface area (Å²) in [5.74, 6) is 2.01. The summed E-state index contributed by atoms with van der Waals surface area (Å²) in [6.45, 7) is 2.35. The number of aromatic nitrogens is 2. The fourth-order valence-electron chi connectivity index (χ4n) is 3.52. The van der Waals surface area contributed by atoms with Gasteiger partial charge in [-0.1, -0.05) is 24.3 Å². The van der Waals surface area contributed by atoms with Crippen molar-refractivity contribution in [1.82, 2.24) is 14.9 Å². The molecule has 30 heavy (non-hydrogen) atoms. The molecule has 0 saturated heterocycles. The number of hydrogen-bond donors (Lipinski definition) is 1. The molecule has 0 unspecified atom stereocenters. The lowest BCUT2D eigenvalue weighted by Crippen LogP contribution is -2.22. The van der Waals surface area contributed by atoms with Gasteiger partial charge in [0.1, 0.15) is 5.82 Å². The van der Waals surface area contributed by atoms with Crippen molar-refractivity contribution in [2.75, 3.05) is 14.2 Å². The maximum atomic E-state index is 12.7. The van der Waals surface area contributed by atoms with Crippen molar-refractivity contribution in [3.05, 3.63) is 83.7 Å². The van der Waals surface area contributed by atoms with Crippen molar-refractivity contribution in [1.29, 1.82) is 0 Å². The zero-order valence-electron chi connectivity index (χ0n) is 17.2. The highest BCUT2D eigenvalue weighted by Gasteiger charge is 2.13. The number of carbonyl (C=O) groups is 1. The van der Waals surface area contributed by atoms with Gasteiger partial charge in [0, 0.05) is 17.8 Å². The molecule has 3 aromatic carbocycles. The lowest BCUT2D eigenvalue weighted by molar-refractivity contribution is 0.0951. The van der Waals surface area contributed by atoms with Crippen LogP contribution in [-0.2, 0) is 6.54 Å². The highest BCUT2D eigenvalue weighted by Crippen LogP contribution is 2.27. The zero-order chi connectivity index (χ0) is 21.1. The van der Waals surface area contributed by atoms with E-state index in [1.54, 1.807) is 14.2 Å². The van der Waals surface area contributed by atoms with Crippen molar-refractivity contribution in [3.8, 4) is 17.2 Å². The molecule has 0 aliphatic rings. The molecule has 6 nitrogen and oxygen atoms in total. The minimum atomic E-state index is -0.154. The number of ether oxygens (including phenoxy) is 2. The maximum Gasteiger partial charge on any atom is 0.251 e. The fraction of sp³-hybridized carbons (Fsp3) is 0.167. The van der Waals surface area contributed by atoms with Crippen LogP contribution in [0.1, 0.15) is 21.7 Å². The van der Waals surface area contributed by atoms with Crippen molar-refractivity contribution in [2.45, 2.75) is 13.5 Å². The number of benzene rings is 3. The molecule has 0 bridgehead atoms. The van der Waals surface area contributed by atoms with E-state index >= 15 is 0 Å². The fourth-order valence-corrected chi connectivity index (χ4v) is 3.52. The molecule has 0 atom stereocenters. The van der Waals surface area contributed by atoms with Gasteiger partial charge in [0.2, 0.25) is 0 Å². The first kappa shape index (κ1) is 19.5. The van der Waals surface area contributed by atoms with Gasteiger partial charge in [0.15, 0.2) is 11.5 Å². The van der Waals surface area contributed by atoms with Crippen molar-refractivity contribution in [3.63, 3.8) is 0 Å². The Kier molecular flexibility index (Phi) is 5.39. The number of hydrogen-bond acceptors (Lipinski definition) is 4. The van der Waals surface area contributed by atoms with Crippen molar-refractivity contribution >= 4 is 16.9 Å². The molecule has 0 aliphatic heterocycles. The average molecular weight is 401 g/mol. The third-order valence-corrected chi connectivity index (χ3v) is 5.00. The number of nitrogens with one attached hydrogen (secondary N) is 1. The van der Waals surface area contributed by atoms with E-state index < -0.39 is 0 Å². The largest absolute Gasteiger partial charge is 0.493 e. The summed E-state index contributed by atoms with van der Waals surface area (Å²) in [5, 5.41) is 2.95. The molecule has 0 saturated carbocycles. The predicted molar refractivity (Wildman–Crippen MR) is 117 cm³/mol. The Hall–Kier alpha value is -3.80. The number of methoxy groups -OCH3 is 2. The van der Waals surface area contributed by atoms with Crippen LogP contribution < -0.4 is 14.8 Å². The molecule has 0 fully saturated rings. The van der Waals surface area contributed by atoms with Gasteiger partial charge in [-0.05, 0) is 55.0 Å². The lowest BCUT2D eigenvalue weighted by Gasteiger charge is -2.10. The van der Waals surface area contributed by atoms with Crippen LogP contribution >= 0.6 is 0 Å². The van der Waals surface area contributed by atoms with E-state index in [0.717, 1.165) is 28.1 Å². The smallest absolute Gasteiger partial charge is 0.251 e. The quantitative estimate of drug-likeness (QED) is 0.524. The normalized spacial score (nSPS) is 10.8. The van der Waals surface area contributed by atoms with E-state index in [4.69, 9.17) is 9.47 Å². The SMILES string of the molecule is COc1ccc(CNC(=O)c2ccc3c(c2)nc(C)n3-c2ccccc2)cc1OC. The summed E-state index contributed by atoms with van der Waals surface area (Å²) < 4.78 is 12.7. The first-order valence-corrected chi connectivity index (χ1v) is 9.64. The third kappa shape index (κ3) is 3.72. The lowest BCUT2D eigenvalue weighted by atomic mass is 10.1. The van der Waals surface area contributed by atoms with Crippen molar-refractivity contribution < 1.29 is 14.3 Å². The van der Waals surface area contributed by atoms with Crippen LogP contribution in [0.15, 0.2) is 66.7 Å². The highest BCUT2D eigenvalue weighted by atomic mass is 16.5. The summed E-state index contributed by atoms with van der Waals surface area (Å²) in [6.07, 6.45) is 0. The van der Waals surface area contributed by atoms with E-state index in [9.17, 15) is 4.79 Å². The molecule has 1 aromatic heterocycles. The Morgan fingerprint density at radius 2 is 1.73 bits per heavy atom. The topological polar surface area (TPSA) is 65.4 Å².